The number of urea groups is 1. The van der Waals surface area contributed by atoms with Crippen LogP contribution in [-0.4, -0.2) is 31.6 Å². The molecule has 0 saturated carbocycles. The molecule has 3 amide bonds. The van der Waals surface area contributed by atoms with Gasteiger partial charge in [0, 0.05) is 24.7 Å². The third kappa shape index (κ3) is 3.68. The van der Waals surface area contributed by atoms with E-state index < -0.39 is 0 Å². The summed E-state index contributed by atoms with van der Waals surface area (Å²) in [5.74, 6) is 1.33. The Morgan fingerprint density at radius 2 is 2.25 bits per heavy atom. The predicted molar refractivity (Wildman–Crippen MR) is 87.8 cm³/mol. The molecular weight excluding hydrogens is 310 g/mol. The van der Waals surface area contributed by atoms with Gasteiger partial charge in [0.25, 0.3) is 0 Å². The summed E-state index contributed by atoms with van der Waals surface area (Å²) in [5.41, 5.74) is 0.764. The van der Waals surface area contributed by atoms with E-state index in [1.165, 1.54) is 0 Å². The highest BCUT2D eigenvalue weighted by Gasteiger charge is 2.31. The van der Waals surface area contributed by atoms with E-state index in [0.29, 0.717) is 24.6 Å². The first-order valence-corrected chi connectivity index (χ1v) is 7.67. The lowest BCUT2D eigenvalue weighted by molar-refractivity contribution is -0.117. The maximum Gasteiger partial charge on any atom is 0.315 e. The second kappa shape index (κ2) is 7.08. The van der Waals surface area contributed by atoms with Crippen LogP contribution >= 0.6 is 0 Å². The fourth-order valence-electron chi connectivity index (χ4n) is 2.65. The van der Waals surface area contributed by atoms with Crippen LogP contribution < -0.4 is 20.3 Å². The van der Waals surface area contributed by atoms with Gasteiger partial charge in [-0.05, 0) is 24.3 Å². The van der Waals surface area contributed by atoms with Crippen LogP contribution in [0, 0.1) is 0 Å². The summed E-state index contributed by atoms with van der Waals surface area (Å²) in [5, 5.41) is 5.52. The van der Waals surface area contributed by atoms with Crippen molar-refractivity contribution in [1.29, 1.82) is 0 Å². The van der Waals surface area contributed by atoms with Gasteiger partial charge >= 0.3 is 6.03 Å². The molecule has 2 N–H and O–H groups in total. The molecule has 0 bridgehead atoms. The van der Waals surface area contributed by atoms with E-state index in [1.54, 1.807) is 36.5 Å². The van der Waals surface area contributed by atoms with E-state index in [0.717, 1.165) is 5.69 Å². The first-order valence-electron chi connectivity index (χ1n) is 7.67. The molecule has 0 spiro atoms. The molecule has 0 radical (unpaired) electrons. The summed E-state index contributed by atoms with van der Waals surface area (Å²) in [4.78, 5) is 25.8. The van der Waals surface area contributed by atoms with Gasteiger partial charge < -0.3 is 24.7 Å². The van der Waals surface area contributed by atoms with Crippen LogP contribution in [0.3, 0.4) is 0 Å². The van der Waals surface area contributed by atoms with Crippen LogP contribution in [0.2, 0.25) is 0 Å². The quantitative estimate of drug-likeness (QED) is 0.877. The van der Waals surface area contributed by atoms with Gasteiger partial charge in [0.05, 0.1) is 26.0 Å². The summed E-state index contributed by atoms with van der Waals surface area (Å²) in [6.45, 7) is 0.735. The molecule has 7 heteroatoms. The summed E-state index contributed by atoms with van der Waals surface area (Å²) >= 11 is 0. The van der Waals surface area contributed by atoms with Gasteiger partial charge in [-0.2, -0.15) is 0 Å². The molecule has 2 heterocycles. The number of ether oxygens (including phenoxy) is 1. The van der Waals surface area contributed by atoms with E-state index >= 15 is 0 Å². The molecule has 1 aliphatic heterocycles. The molecular formula is C17H19N3O4. The number of rotatable bonds is 5. The number of hydrogen-bond acceptors (Lipinski definition) is 4. The summed E-state index contributed by atoms with van der Waals surface area (Å²) < 4.78 is 10.3. The van der Waals surface area contributed by atoms with E-state index in [9.17, 15) is 9.59 Å². The molecule has 126 valence electrons. The molecule has 0 unspecified atom stereocenters. The van der Waals surface area contributed by atoms with Gasteiger partial charge in [-0.3, -0.25) is 4.79 Å². The van der Waals surface area contributed by atoms with Crippen molar-refractivity contribution in [2.75, 3.05) is 18.6 Å². The Kier molecular flexibility index (Phi) is 4.69. The van der Waals surface area contributed by atoms with Crippen molar-refractivity contribution < 1.29 is 18.7 Å². The monoisotopic (exact) mass is 329 g/mol. The van der Waals surface area contributed by atoms with Crippen LogP contribution in [0.25, 0.3) is 0 Å². The van der Waals surface area contributed by atoms with Gasteiger partial charge in [0.15, 0.2) is 0 Å². The van der Waals surface area contributed by atoms with Gasteiger partial charge in [-0.1, -0.05) is 6.07 Å². The molecule has 1 fully saturated rings. The van der Waals surface area contributed by atoms with Gasteiger partial charge in [0.2, 0.25) is 5.91 Å². The number of methoxy groups -OCH3 is 1. The third-order valence-corrected chi connectivity index (χ3v) is 3.83. The Labute approximate surface area is 139 Å². The highest BCUT2D eigenvalue weighted by atomic mass is 16.5. The number of nitrogens with zero attached hydrogens (tertiary/aromatic N) is 1. The molecule has 0 aliphatic carbocycles. The molecule has 7 nitrogen and oxygen atoms in total. The largest absolute Gasteiger partial charge is 0.497 e. The van der Waals surface area contributed by atoms with Gasteiger partial charge in [0.1, 0.15) is 11.5 Å². The molecule has 3 rings (SSSR count). The number of furan rings is 1. The van der Waals surface area contributed by atoms with Crippen molar-refractivity contribution in [3.05, 3.63) is 48.4 Å². The minimum absolute atomic E-state index is 0.0282. The molecule has 1 aliphatic rings. The highest BCUT2D eigenvalue weighted by molar-refractivity contribution is 5.97. The second-order valence-corrected chi connectivity index (χ2v) is 5.51. The summed E-state index contributed by atoms with van der Waals surface area (Å²) in [6, 6.07) is 10.3. The van der Waals surface area contributed by atoms with Crippen molar-refractivity contribution in [2.45, 2.75) is 19.0 Å². The maximum atomic E-state index is 12.2. The van der Waals surface area contributed by atoms with Crippen LogP contribution in [0.4, 0.5) is 10.5 Å². The van der Waals surface area contributed by atoms with Crippen LogP contribution in [0.1, 0.15) is 12.2 Å². The van der Waals surface area contributed by atoms with E-state index in [2.05, 4.69) is 10.6 Å². The summed E-state index contributed by atoms with van der Waals surface area (Å²) in [7, 11) is 1.58. The molecule has 1 atom stereocenters. The number of anilines is 1. The number of benzene rings is 1. The number of nitrogens with one attached hydrogen (secondary N) is 2. The van der Waals surface area contributed by atoms with Crippen LogP contribution in [0.15, 0.2) is 47.1 Å². The van der Waals surface area contributed by atoms with Crippen molar-refractivity contribution >= 4 is 17.6 Å². The fourth-order valence-corrected chi connectivity index (χ4v) is 2.65. The predicted octanol–water partition coefficient (Wildman–Crippen LogP) is 1.89. The Morgan fingerprint density at radius 3 is 3.00 bits per heavy atom. The van der Waals surface area contributed by atoms with E-state index in [-0.39, 0.29) is 24.4 Å². The Morgan fingerprint density at radius 1 is 1.38 bits per heavy atom. The van der Waals surface area contributed by atoms with E-state index in [4.69, 9.17) is 9.15 Å². The van der Waals surface area contributed by atoms with Gasteiger partial charge in [-0.25, -0.2) is 4.79 Å². The minimum Gasteiger partial charge on any atom is -0.497 e. The standard InChI is InChI=1S/C17H19N3O4/c1-23-14-5-2-4-13(9-14)20-11-12(8-16(20)21)19-17(22)18-10-15-6-3-7-24-15/h2-7,9,12H,8,10-11H2,1H3,(H2,18,19,22)/t12-/m0/s1. The maximum absolute atomic E-state index is 12.2. The molecule has 24 heavy (non-hydrogen) atoms. The van der Waals surface area contributed by atoms with Crippen LogP contribution in [-0.2, 0) is 11.3 Å². The number of hydrogen-bond donors (Lipinski definition) is 2. The number of amides is 3. The Hall–Kier alpha value is -2.96. The van der Waals surface area contributed by atoms with Crippen LogP contribution in [0.5, 0.6) is 5.75 Å². The lowest BCUT2D eigenvalue weighted by Gasteiger charge is -2.18. The highest BCUT2D eigenvalue weighted by Crippen LogP contribution is 2.25. The molecule has 1 aromatic carbocycles. The fraction of sp³-hybridized carbons (Fsp3) is 0.294. The lowest BCUT2D eigenvalue weighted by atomic mass is 10.2. The third-order valence-electron chi connectivity index (χ3n) is 3.83. The average Bonchev–Trinajstić information content (AvgIpc) is 3.22. The molecule has 1 saturated heterocycles. The molecule has 2 aromatic rings. The van der Waals surface area contributed by atoms with E-state index in [1.807, 2.05) is 18.2 Å². The van der Waals surface area contributed by atoms with Crippen molar-refractivity contribution in [1.82, 2.24) is 10.6 Å². The van der Waals surface area contributed by atoms with Gasteiger partial charge in [-0.15, -0.1) is 0 Å². The number of carbonyl (C=O) groups is 2. The topological polar surface area (TPSA) is 83.8 Å². The lowest BCUT2D eigenvalue weighted by Crippen LogP contribution is -2.43. The zero-order valence-electron chi connectivity index (χ0n) is 13.3. The Balaban J connectivity index is 1.55. The average molecular weight is 329 g/mol. The van der Waals surface area contributed by atoms with Crippen molar-refractivity contribution in [3.63, 3.8) is 0 Å². The smallest absolute Gasteiger partial charge is 0.315 e. The first kappa shape index (κ1) is 15.9. The Bertz CT molecular complexity index is 714. The zero-order chi connectivity index (χ0) is 16.9. The van der Waals surface area contributed by atoms with Crippen molar-refractivity contribution in [3.8, 4) is 5.75 Å². The molecule has 1 aromatic heterocycles. The SMILES string of the molecule is COc1cccc(N2C[C@@H](NC(=O)NCc3ccco3)CC2=O)c1. The van der Waals surface area contributed by atoms with Crippen molar-refractivity contribution in [2.24, 2.45) is 0 Å². The zero-order valence-corrected chi connectivity index (χ0v) is 13.3. The number of carbonyl (C=O) groups excluding carboxylic acids is 2. The normalized spacial score (nSPS) is 17.0. The first-order chi connectivity index (χ1) is 11.7. The minimum atomic E-state index is -0.323. The summed E-state index contributed by atoms with van der Waals surface area (Å²) in [6.07, 6.45) is 1.82. The second-order valence-electron chi connectivity index (χ2n) is 5.51.